The fourth-order valence-electron chi connectivity index (χ4n) is 3.38. The number of carbonyl (C=O) groups is 2. The fraction of sp³-hybridized carbons (Fsp3) is 0.882. The highest BCUT2D eigenvalue weighted by Gasteiger charge is 2.26. The molecule has 2 rings (SSSR count). The monoisotopic (exact) mass is 340 g/mol. The predicted octanol–water partition coefficient (Wildman–Crippen LogP) is 1.59. The van der Waals surface area contributed by atoms with Crippen LogP contribution in [-0.2, 0) is 4.74 Å². The molecule has 3 amide bonds. The first-order chi connectivity index (χ1) is 11.5. The molecule has 0 aliphatic carbocycles. The van der Waals surface area contributed by atoms with Crippen LogP contribution in [0.5, 0.6) is 0 Å². The largest absolute Gasteiger partial charge is 0.450 e. The van der Waals surface area contributed by atoms with Crippen LogP contribution in [0, 0.1) is 5.92 Å². The molecule has 24 heavy (non-hydrogen) atoms. The molecule has 2 aliphatic rings. The van der Waals surface area contributed by atoms with Crippen molar-refractivity contribution < 1.29 is 14.3 Å². The number of hydrogen-bond acceptors (Lipinski definition) is 4. The second kappa shape index (κ2) is 9.11. The topological polar surface area (TPSA) is 65.1 Å². The van der Waals surface area contributed by atoms with E-state index in [1.807, 2.05) is 0 Å². The summed E-state index contributed by atoms with van der Waals surface area (Å²) < 4.78 is 5.00. The molecule has 0 spiro atoms. The molecule has 2 fully saturated rings. The second-order valence-corrected chi connectivity index (χ2v) is 6.96. The summed E-state index contributed by atoms with van der Waals surface area (Å²) in [7, 11) is 0. The maximum absolute atomic E-state index is 12.3. The Hall–Kier alpha value is -1.50. The normalized spacial score (nSPS) is 22.6. The molecule has 0 saturated carbocycles. The summed E-state index contributed by atoms with van der Waals surface area (Å²) in [5.74, 6) is 0.533. The highest BCUT2D eigenvalue weighted by atomic mass is 16.6. The third-order valence-electron chi connectivity index (χ3n) is 4.92. The van der Waals surface area contributed by atoms with E-state index >= 15 is 0 Å². The molecule has 0 unspecified atom stereocenters. The number of carbonyl (C=O) groups excluding carboxylic acids is 2. The smallest absolute Gasteiger partial charge is 0.409 e. The van der Waals surface area contributed by atoms with Gasteiger partial charge in [-0.3, -0.25) is 0 Å². The number of nitrogens with one attached hydrogen (secondary N) is 1. The molecular formula is C17H32N4O3. The molecule has 1 atom stereocenters. The summed E-state index contributed by atoms with van der Waals surface area (Å²) in [6.45, 7) is 11.8. The molecule has 2 saturated heterocycles. The first kappa shape index (κ1) is 18.8. The van der Waals surface area contributed by atoms with Gasteiger partial charge in [-0.05, 0) is 46.1 Å². The van der Waals surface area contributed by atoms with E-state index in [0.29, 0.717) is 44.7 Å². The van der Waals surface area contributed by atoms with Gasteiger partial charge in [-0.1, -0.05) is 0 Å². The van der Waals surface area contributed by atoms with Crippen molar-refractivity contribution >= 4 is 12.1 Å². The van der Waals surface area contributed by atoms with E-state index in [0.717, 1.165) is 19.6 Å². The number of piperazine rings is 1. The van der Waals surface area contributed by atoms with Gasteiger partial charge in [0.15, 0.2) is 0 Å². The van der Waals surface area contributed by atoms with Gasteiger partial charge in [0.1, 0.15) is 0 Å². The molecule has 2 heterocycles. The van der Waals surface area contributed by atoms with Crippen LogP contribution in [-0.4, -0.2) is 85.3 Å². The van der Waals surface area contributed by atoms with Crippen molar-refractivity contribution in [2.45, 2.75) is 39.7 Å². The van der Waals surface area contributed by atoms with Crippen LogP contribution < -0.4 is 5.32 Å². The highest BCUT2D eigenvalue weighted by molar-refractivity contribution is 5.75. The van der Waals surface area contributed by atoms with Crippen LogP contribution in [0.3, 0.4) is 0 Å². The number of piperidine rings is 1. The van der Waals surface area contributed by atoms with Crippen molar-refractivity contribution in [1.82, 2.24) is 20.0 Å². The summed E-state index contributed by atoms with van der Waals surface area (Å²) in [6, 6.07) is 0.555. The standard InChI is InChI=1S/C17H32N4O3/c1-4-24-17(23)20-10-8-19(9-11-20)16(22)18-12-15-6-5-7-21(13-15)14(2)3/h14-15H,4-13H2,1-3H3,(H,18,22)/t15-/m1/s1. The van der Waals surface area contributed by atoms with Gasteiger partial charge in [-0.15, -0.1) is 0 Å². The lowest BCUT2D eigenvalue weighted by Gasteiger charge is -2.37. The average Bonchev–Trinajstić information content (AvgIpc) is 2.60. The number of hydrogen-bond donors (Lipinski definition) is 1. The zero-order chi connectivity index (χ0) is 17.5. The zero-order valence-corrected chi connectivity index (χ0v) is 15.3. The Morgan fingerprint density at radius 1 is 1.12 bits per heavy atom. The van der Waals surface area contributed by atoms with Crippen LogP contribution >= 0.6 is 0 Å². The maximum atomic E-state index is 12.3. The molecule has 0 radical (unpaired) electrons. The minimum Gasteiger partial charge on any atom is -0.450 e. The quantitative estimate of drug-likeness (QED) is 0.844. The van der Waals surface area contributed by atoms with Crippen molar-refractivity contribution in [3.63, 3.8) is 0 Å². The summed E-state index contributed by atoms with van der Waals surface area (Å²) in [6.07, 6.45) is 2.10. The molecule has 1 N–H and O–H groups in total. The number of rotatable bonds is 4. The fourth-order valence-corrected chi connectivity index (χ4v) is 3.38. The van der Waals surface area contributed by atoms with E-state index in [-0.39, 0.29) is 12.1 Å². The van der Waals surface area contributed by atoms with Gasteiger partial charge in [0.2, 0.25) is 0 Å². The third-order valence-corrected chi connectivity index (χ3v) is 4.92. The lowest BCUT2D eigenvalue weighted by Crippen LogP contribution is -2.54. The van der Waals surface area contributed by atoms with Crippen LogP contribution in [0.15, 0.2) is 0 Å². The van der Waals surface area contributed by atoms with E-state index in [4.69, 9.17) is 4.74 Å². The van der Waals surface area contributed by atoms with Crippen LogP contribution in [0.25, 0.3) is 0 Å². The van der Waals surface area contributed by atoms with Crippen LogP contribution in [0.4, 0.5) is 9.59 Å². The Morgan fingerprint density at radius 3 is 2.42 bits per heavy atom. The predicted molar refractivity (Wildman–Crippen MR) is 93.0 cm³/mol. The third kappa shape index (κ3) is 5.26. The molecule has 7 heteroatoms. The van der Waals surface area contributed by atoms with Gasteiger partial charge in [0.05, 0.1) is 6.61 Å². The molecule has 0 aromatic rings. The lowest BCUT2D eigenvalue weighted by atomic mass is 9.97. The Morgan fingerprint density at radius 2 is 1.79 bits per heavy atom. The number of likely N-dealkylation sites (tertiary alicyclic amines) is 1. The van der Waals surface area contributed by atoms with Gasteiger partial charge < -0.3 is 24.8 Å². The zero-order valence-electron chi connectivity index (χ0n) is 15.3. The van der Waals surface area contributed by atoms with Gasteiger partial charge in [-0.2, -0.15) is 0 Å². The summed E-state index contributed by atoms with van der Waals surface area (Å²) in [5, 5.41) is 3.08. The Labute approximate surface area is 145 Å². The molecule has 0 aromatic heterocycles. The Balaban J connectivity index is 1.69. The maximum Gasteiger partial charge on any atom is 0.409 e. The molecule has 2 aliphatic heterocycles. The summed E-state index contributed by atoms with van der Waals surface area (Å²) >= 11 is 0. The molecule has 138 valence electrons. The molecule has 7 nitrogen and oxygen atoms in total. The van der Waals surface area contributed by atoms with Gasteiger partial charge in [0.25, 0.3) is 0 Å². The van der Waals surface area contributed by atoms with Crippen LogP contribution in [0.2, 0.25) is 0 Å². The molecular weight excluding hydrogens is 308 g/mol. The number of amides is 3. The summed E-state index contributed by atoms with van der Waals surface area (Å²) in [4.78, 5) is 29.9. The lowest BCUT2D eigenvalue weighted by molar-refractivity contribution is 0.0845. The van der Waals surface area contributed by atoms with E-state index in [1.165, 1.54) is 12.8 Å². The second-order valence-electron chi connectivity index (χ2n) is 6.96. The van der Waals surface area contributed by atoms with Crippen molar-refractivity contribution in [2.75, 3.05) is 52.4 Å². The van der Waals surface area contributed by atoms with Crippen molar-refractivity contribution in [3.05, 3.63) is 0 Å². The SMILES string of the molecule is CCOC(=O)N1CCN(C(=O)NC[C@H]2CCCN(C(C)C)C2)CC1. The minimum absolute atomic E-state index is 0.0137. The van der Waals surface area contributed by atoms with E-state index in [9.17, 15) is 9.59 Å². The first-order valence-corrected chi connectivity index (χ1v) is 9.19. The number of urea groups is 1. The molecule has 0 bridgehead atoms. The van der Waals surface area contributed by atoms with Crippen molar-refractivity contribution in [3.8, 4) is 0 Å². The Kier molecular flexibility index (Phi) is 7.15. The first-order valence-electron chi connectivity index (χ1n) is 9.19. The average molecular weight is 340 g/mol. The van der Waals surface area contributed by atoms with Crippen molar-refractivity contribution in [2.24, 2.45) is 5.92 Å². The van der Waals surface area contributed by atoms with E-state index in [2.05, 4.69) is 24.1 Å². The molecule has 0 aromatic carbocycles. The summed E-state index contributed by atoms with van der Waals surface area (Å²) in [5.41, 5.74) is 0. The van der Waals surface area contributed by atoms with Gasteiger partial charge in [0, 0.05) is 45.3 Å². The number of ether oxygens (including phenoxy) is 1. The van der Waals surface area contributed by atoms with E-state index in [1.54, 1.807) is 16.7 Å². The van der Waals surface area contributed by atoms with Crippen LogP contribution in [0.1, 0.15) is 33.6 Å². The number of nitrogens with zero attached hydrogens (tertiary/aromatic N) is 3. The highest BCUT2D eigenvalue weighted by Crippen LogP contribution is 2.17. The minimum atomic E-state index is -0.284. The van der Waals surface area contributed by atoms with Crippen molar-refractivity contribution in [1.29, 1.82) is 0 Å². The Bertz CT molecular complexity index is 422. The van der Waals surface area contributed by atoms with E-state index < -0.39 is 0 Å². The van der Waals surface area contributed by atoms with Gasteiger partial charge >= 0.3 is 12.1 Å². The van der Waals surface area contributed by atoms with Gasteiger partial charge in [-0.25, -0.2) is 9.59 Å².